The first-order valence-electron chi connectivity index (χ1n) is 7.08. The Labute approximate surface area is 125 Å². The summed E-state index contributed by atoms with van der Waals surface area (Å²) in [5.74, 6) is -0.272. The van der Waals surface area contributed by atoms with Crippen molar-refractivity contribution in [1.82, 2.24) is 10.2 Å². The number of para-hydroxylation sites is 2. The molecule has 0 radical (unpaired) electrons. The standard InChI is InChI=1S/C15H24N4O2/c1-4-19(9-14(20)17-11(2)3)10-15(21)18-13-8-6-5-7-12(13)16/h5-8,11H,4,9-10,16H2,1-3H3,(H,17,20)(H,18,21). The molecule has 0 atom stereocenters. The maximum absolute atomic E-state index is 12.0. The van der Waals surface area contributed by atoms with E-state index in [1.807, 2.05) is 20.8 Å². The van der Waals surface area contributed by atoms with E-state index < -0.39 is 0 Å². The van der Waals surface area contributed by atoms with Crippen LogP contribution in [0.25, 0.3) is 0 Å². The molecular formula is C15H24N4O2. The van der Waals surface area contributed by atoms with Gasteiger partial charge in [0.2, 0.25) is 11.8 Å². The normalized spacial score (nSPS) is 10.7. The number of nitrogens with two attached hydrogens (primary N) is 1. The Morgan fingerprint density at radius 1 is 1.19 bits per heavy atom. The van der Waals surface area contributed by atoms with Crippen LogP contribution in [0.2, 0.25) is 0 Å². The number of rotatable bonds is 7. The Bertz CT molecular complexity index is 488. The van der Waals surface area contributed by atoms with Gasteiger partial charge in [0.15, 0.2) is 0 Å². The highest BCUT2D eigenvalue weighted by molar-refractivity contribution is 5.95. The van der Waals surface area contributed by atoms with Crippen molar-refractivity contribution >= 4 is 23.2 Å². The second kappa shape index (κ2) is 8.26. The number of likely N-dealkylation sites (N-methyl/N-ethyl adjacent to an activating group) is 1. The van der Waals surface area contributed by atoms with Gasteiger partial charge in [0, 0.05) is 6.04 Å². The first-order chi connectivity index (χ1) is 9.92. The van der Waals surface area contributed by atoms with Crippen LogP contribution < -0.4 is 16.4 Å². The minimum absolute atomic E-state index is 0.0844. The number of nitrogens with one attached hydrogen (secondary N) is 2. The number of benzene rings is 1. The number of carbonyl (C=O) groups excluding carboxylic acids is 2. The van der Waals surface area contributed by atoms with Crippen LogP contribution >= 0.6 is 0 Å². The van der Waals surface area contributed by atoms with Crippen molar-refractivity contribution in [2.45, 2.75) is 26.8 Å². The molecule has 2 amide bonds. The zero-order valence-electron chi connectivity index (χ0n) is 12.8. The van der Waals surface area contributed by atoms with Gasteiger partial charge in [-0.15, -0.1) is 0 Å². The summed E-state index contributed by atoms with van der Waals surface area (Å²) in [6.45, 7) is 6.68. The molecule has 0 aromatic heterocycles. The molecule has 6 nitrogen and oxygen atoms in total. The second-order valence-electron chi connectivity index (χ2n) is 5.16. The molecule has 1 rings (SSSR count). The van der Waals surface area contributed by atoms with Gasteiger partial charge in [-0.3, -0.25) is 14.5 Å². The van der Waals surface area contributed by atoms with E-state index in [1.165, 1.54) is 0 Å². The van der Waals surface area contributed by atoms with Crippen LogP contribution in [0, 0.1) is 0 Å². The topological polar surface area (TPSA) is 87.5 Å². The van der Waals surface area contributed by atoms with Gasteiger partial charge in [0.25, 0.3) is 0 Å². The highest BCUT2D eigenvalue weighted by Gasteiger charge is 2.14. The molecule has 0 unspecified atom stereocenters. The van der Waals surface area contributed by atoms with Gasteiger partial charge in [-0.1, -0.05) is 19.1 Å². The summed E-state index contributed by atoms with van der Waals surface area (Å²) in [5, 5.41) is 5.56. The highest BCUT2D eigenvalue weighted by Crippen LogP contribution is 2.16. The Morgan fingerprint density at radius 2 is 1.81 bits per heavy atom. The molecule has 4 N–H and O–H groups in total. The van der Waals surface area contributed by atoms with E-state index in [0.29, 0.717) is 17.9 Å². The molecule has 0 heterocycles. The maximum atomic E-state index is 12.0. The monoisotopic (exact) mass is 292 g/mol. The lowest BCUT2D eigenvalue weighted by Crippen LogP contribution is -2.42. The van der Waals surface area contributed by atoms with Gasteiger partial charge >= 0.3 is 0 Å². The van der Waals surface area contributed by atoms with Crippen LogP contribution in [-0.2, 0) is 9.59 Å². The van der Waals surface area contributed by atoms with Gasteiger partial charge in [0.05, 0.1) is 24.5 Å². The SMILES string of the molecule is CCN(CC(=O)Nc1ccccc1N)CC(=O)NC(C)C. The van der Waals surface area contributed by atoms with E-state index in [0.717, 1.165) is 0 Å². The van der Waals surface area contributed by atoms with E-state index >= 15 is 0 Å². The summed E-state index contributed by atoms with van der Waals surface area (Å²) in [6, 6.07) is 7.17. The zero-order chi connectivity index (χ0) is 15.8. The molecule has 1 aromatic carbocycles. The average molecular weight is 292 g/mol. The summed E-state index contributed by atoms with van der Waals surface area (Å²) < 4.78 is 0. The predicted octanol–water partition coefficient (Wildman–Crippen LogP) is 1.05. The van der Waals surface area contributed by atoms with Gasteiger partial charge in [-0.25, -0.2) is 0 Å². The van der Waals surface area contributed by atoms with Gasteiger partial charge in [0.1, 0.15) is 0 Å². The van der Waals surface area contributed by atoms with Crippen molar-refractivity contribution in [3.05, 3.63) is 24.3 Å². The number of nitrogen functional groups attached to an aromatic ring is 1. The van der Waals surface area contributed by atoms with E-state index in [4.69, 9.17) is 5.73 Å². The predicted molar refractivity (Wildman–Crippen MR) is 84.9 cm³/mol. The van der Waals surface area contributed by atoms with Crippen LogP contribution in [0.4, 0.5) is 11.4 Å². The van der Waals surface area contributed by atoms with Crippen molar-refractivity contribution in [2.24, 2.45) is 0 Å². The van der Waals surface area contributed by atoms with E-state index in [2.05, 4.69) is 10.6 Å². The van der Waals surface area contributed by atoms with E-state index in [1.54, 1.807) is 29.2 Å². The first-order valence-corrected chi connectivity index (χ1v) is 7.08. The smallest absolute Gasteiger partial charge is 0.238 e. The van der Waals surface area contributed by atoms with Crippen LogP contribution in [0.5, 0.6) is 0 Å². The first kappa shape index (κ1) is 17.0. The second-order valence-corrected chi connectivity index (χ2v) is 5.16. The Morgan fingerprint density at radius 3 is 2.38 bits per heavy atom. The number of carbonyl (C=O) groups is 2. The number of hydrogen-bond acceptors (Lipinski definition) is 4. The molecule has 0 bridgehead atoms. The van der Waals surface area contributed by atoms with E-state index in [-0.39, 0.29) is 30.9 Å². The zero-order valence-corrected chi connectivity index (χ0v) is 12.8. The minimum atomic E-state index is -0.188. The quantitative estimate of drug-likeness (QED) is 0.656. The lowest BCUT2D eigenvalue weighted by atomic mass is 10.2. The number of amides is 2. The summed E-state index contributed by atoms with van der Waals surface area (Å²) >= 11 is 0. The molecule has 0 aliphatic heterocycles. The largest absolute Gasteiger partial charge is 0.397 e. The fraction of sp³-hybridized carbons (Fsp3) is 0.467. The Balaban J connectivity index is 2.51. The maximum Gasteiger partial charge on any atom is 0.238 e. The van der Waals surface area contributed by atoms with Crippen molar-refractivity contribution in [3.63, 3.8) is 0 Å². The fourth-order valence-corrected chi connectivity index (χ4v) is 1.85. The number of anilines is 2. The summed E-state index contributed by atoms with van der Waals surface area (Å²) in [7, 11) is 0. The highest BCUT2D eigenvalue weighted by atomic mass is 16.2. The Kier molecular flexibility index (Phi) is 6.68. The molecule has 0 spiro atoms. The van der Waals surface area contributed by atoms with Crippen LogP contribution in [0.3, 0.4) is 0 Å². The molecule has 0 saturated heterocycles. The summed E-state index contributed by atoms with van der Waals surface area (Å²) in [6.07, 6.45) is 0. The average Bonchev–Trinajstić information content (AvgIpc) is 2.39. The van der Waals surface area contributed by atoms with Gasteiger partial charge < -0.3 is 16.4 Å². The van der Waals surface area contributed by atoms with Crippen molar-refractivity contribution in [3.8, 4) is 0 Å². The Hall–Kier alpha value is -2.08. The summed E-state index contributed by atoms with van der Waals surface area (Å²) in [5.41, 5.74) is 6.88. The molecule has 1 aromatic rings. The summed E-state index contributed by atoms with van der Waals surface area (Å²) in [4.78, 5) is 25.5. The van der Waals surface area contributed by atoms with Crippen molar-refractivity contribution in [1.29, 1.82) is 0 Å². The third-order valence-corrected chi connectivity index (χ3v) is 2.87. The molecule has 116 valence electrons. The van der Waals surface area contributed by atoms with Crippen LogP contribution in [0.1, 0.15) is 20.8 Å². The van der Waals surface area contributed by atoms with Crippen molar-refractivity contribution < 1.29 is 9.59 Å². The lowest BCUT2D eigenvalue weighted by Gasteiger charge is -2.20. The molecule has 21 heavy (non-hydrogen) atoms. The molecular weight excluding hydrogens is 268 g/mol. The van der Waals surface area contributed by atoms with Crippen LogP contribution in [0.15, 0.2) is 24.3 Å². The molecule has 6 heteroatoms. The fourth-order valence-electron chi connectivity index (χ4n) is 1.85. The lowest BCUT2D eigenvalue weighted by molar-refractivity contribution is -0.123. The third kappa shape index (κ3) is 6.27. The molecule has 0 fully saturated rings. The van der Waals surface area contributed by atoms with E-state index in [9.17, 15) is 9.59 Å². The van der Waals surface area contributed by atoms with Gasteiger partial charge in [-0.2, -0.15) is 0 Å². The number of hydrogen-bond donors (Lipinski definition) is 3. The number of nitrogens with zero attached hydrogens (tertiary/aromatic N) is 1. The third-order valence-electron chi connectivity index (χ3n) is 2.87. The molecule has 0 aliphatic rings. The van der Waals surface area contributed by atoms with Crippen molar-refractivity contribution in [2.75, 3.05) is 30.7 Å². The minimum Gasteiger partial charge on any atom is -0.397 e. The molecule has 0 aliphatic carbocycles. The molecule has 0 saturated carbocycles. The van der Waals surface area contributed by atoms with Gasteiger partial charge in [-0.05, 0) is 32.5 Å². The van der Waals surface area contributed by atoms with Crippen LogP contribution in [-0.4, -0.2) is 42.4 Å².